The number of nitrogen functional groups attached to an aromatic ring is 1. The molecule has 5 nitrogen and oxygen atoms in total. The van der Waals surface area contributed by atoms with Gasteiger partial charge in [-0.3, -0.25) is 14.7 Å². The average Bonchev–Trinajstić information content (AvgIpc) is 2.38. The van der Waals surface area contributed by atoms with Crippen LogP contribution in [-0.4, -0.2) is 38.1 Å². The highest BCUT2D eigenvalue weighted by Crippen LogP contribution is 2.27. The van der Waals surface area contributed by atoms with Crippen LogP contribution in [0.5, 0.6) is 0 Å². The molecule has 1 fully saturated rings. The SMILES string of the molecule is CN(C)C(=O)c1ccc(N2CCCCO2)c(N)c1. The van der Waals surface area contributed by atoms with Gasteiger partial charge in [-0.2, -0.15) is 0 Å². The molecule has 1 saturated heterocycles. The standard InChI is InChI=1S/C13H19N3O2/c1-15(2)13(17)10-5-6-12(11(14)9-10)16-7-3-4-8-18-16/h5-6,9H,3-4,7-8,14H2,1-2H3. The van der Waals surface area contributed by atoms with E-state index in [0.717, 1.165) is 31.7 Å². The van der Waals surface area contributed by atoms with Crippen LogP contribution in [0.4, 0.5) is 11.4 Å². The van der Waals surface area contributed by atoms with Crippen LogP contribution in [0.2, 0.25) is 0 Å². The Bertz CT molecular complexity index is 440. The normalized spacial score (nSPS) is 15.6. The van der Waals surface area contributed by atoms with Crippen LogP contribution in [0.25, 0.3) is 0 Å². The smallest absolute Gasteiger partial charge is 0.253 e. The van der Waals surface area contributed by atoms with Crippen LogP contribution in [-0.2, 0) is 4.84 Å². The first-order valence-electron chi connectivity index (χ1n) is 6.11. The third-order valence-electron chi connectivity index (χ3n) is 2.95. The predicted octanol–water partition coefficient (Wildman–Crippen LogP) is 1.50. The highest BCUT2D eigenvalue weighted by Gasteiger charge is 2.16. The van der Waals surface area contributed by atoms with E-state index in [1.807, 2.05) is 11.1 Å². The van der Waals surface area contributed by atoms with E-state index < -0.39 is 0 Å². The van der Waals surface area contributed by atoms with Gasteiger partial charge in [0.1, 0.15) is 0 Å². The lowest BCUT2D eigenvalue weighted by atomic mass is 10.1. The van der Waals surface area contributed by atoms with Crippen molar-refractivity contribution in [3.8, 4) is 0 Å². The van der Waals surface area contributed by atoms with Gasteiger partial charge in [0, 0.05) is 26.2 Å². The molecule has 0 atom stereocenters. The third kappa shape index (κ3) is 2.56. The molecule has 0 aliphatic carbocycles. The second-order valence-corrected chi connectivity index (χ2v) is 4.62. The highest BCUT2D eigenvalue weighted by atomic mass is 16.7. The number of hydrogen-bond donors (Lipinski definition) is 1. The van der Waals surface area contributed by atoms with Gasteiger partial charge >= 0.3 is 0 Å². The van der Waals surface area contributed by atoms with E-state index >= 15 is 0 Å². The summed E-state index contributed by atoms with van der Waals surface area (Å²) < 4.78 is 0. The maximum absolute atomic E-state index is 11.8. The molecule has 1 amide bonds. The van der Waals surface area contributed by atoms with Crippen molar-refractivity contribution in [1.29, 1.82) is 0 Å². The highest BCUT2D eigenvalue weighted by molar-refractivity contribution is 5.95. The lowest BCUT2D eigenvalue weighted by Crippen LogP contribution is -2.30. The summed E-state index contributed by atoms with van der Waals surface area (Å²) >= 11 is 0. The molecule has 0 unspecified atom stereocenters. The van der Waals surface area contributed by atoms with Crippen molar-refractivity contribution in [1.82, 2.24) is 4.90 Å². The number of hydroxylamine groups is 1. The first-order valence-corrected chi connectivity index (χ1v) is 6.11. The number of carbonyl (C=O) groups is 1. The second-order valence-electron chi connectivity index (χ2n) is 4.62. The molecule has 1 aliphatic rings. The molecule has 1 heterocycles. The molecule has 98 valence electrons. The van der Waals surface area contributed by atoms with Gasteiger partial charge in [-0.1, -0.05) is 0 Å². The van der Waals surface area contributed by atoms with Crippen molar-refractivity contribution in [3.63, 3.8) is 0 Å². The Labute approximate surface area is 107 Å². The van der Waals surface area contributed by atoms with Crippen LogP contribution in [0.15, 0.2) is 18.2 Å². The molecule has 0 radical (unpaired) electrons. The minimum atomic E-state index is -0.0483. The fourth-order valence-corrected chi connectivity index (χ4v) is 1.96. The lowest BCUT2D eigenvalue weighted by molar-refractivity contribution is 0.0779. The zero-order valence-electron chi connectivity index (χ0n) is 10.8. The van der Waals surface area contributed by atoms with E-state index in [0.29, 0.717) is 11.3 Å². The van der Waals surface area contributed by atoms with Crippen molar-refractivity contribution in [2.45, 2.75) is 12.8 Å². The monoisotopic (exact) mass is 249 g/mol. The quantitative estimate of drug-likeness (QED) is 0.807. The van der Waals surface area contributed by atoms with Gasteiger partial charge < -0.3 is 10.6 Å². The van der Waals surface area contributed by atoms with Gasteiger partial charge in [0.25, 0.3) is 5.91 Å². The zero-order valence-corrected chi connectivity index (χ0v) is 10.8. The second kappa shape index (κ2) is 5.27. The summed E-state index contributed by atoms with van der Waals surface area (Å²) in [5, 5.41) is 1.81. The maximum Gasteiger partial charge on any atom is 0.253 e. The molecule has 18 heavy (non-hydrogen) atoms. The van der Waals surface area contributed by atoms with E-state index in [1.54, 1.807) is 26.2 Å². The van der Waals surface area contributed by atoms with Crippen molar-refractivity contribution >= 4 is 17.3 Å². The number of benzene rings is 1. The number of rotatable bonds is 2. The summed E-state index contributed by atoms with van der Waals surface area (Å²) in [4.78, 5) is 18.9. The number of carbonyl (C=O) groups excluding carboxylic acids is 1. The molecule has 2 N–H and O–H groups in total. The summed E-state index contributed by atoms with van der Waals surface area (Å²) in [6.45, 7) is 1.56. The summed E-state index contributed by atoms with van der Waals surface area (Å²) in [5.41, 5.74) is 8.01. The first-order chi connectivity index (χ1) is 8.59. The van der Waals surface area contributed by atoms with Gasteiger partial charge in [0.15, 0.2) is 0 Å². The average molecular weight is 249 g/mol. The Morgan fingerprint density at radius 1 is 1.39 bits per heavy atom. The summed E-state index contributed by atoms with van der Waals surface area (Å²) in [7, 11) is 3.44. The molecule has 1 aromatic carbocycles. The fourth-order valence-electron chi connectivity index (χ4n) is 1.96. The van der Waals surface area contributed by atoms with E-state index in [2.05, 4.69) is 0 Å². The zero-order chi connectivity index (χ0) is 13.1. The van der Waals surface area contributed by atoms with Crippen LogP contribution >= 0.6 is 0 Å². The molecule has 2 rings (SSSR count). The van der Waals surface area contributed by atoms with Crippen LogP contribution in [0, 0.1) is 0 Å². The number of anilines is 2. The Morgan fingerprint density at radius 2 is 2.17 bits per heavy atom. The molecule has 0 saturated carbocycles. The lowest BCUT2D eigenvalue weighted by Gasteiger charge is -2.29. The largest absolute Gasteiger partial charge is 0.397 e. The molecular formula is C13H19N3O2. The Balaban J connectivity index is 2.21. The number of hydrogen-bond acceptors (Lipinski definition) is 4. The molecule has 0 bridgehead atoms. The van der Waals surface area contributed by atoms with Gasteiger partial charge in [-0.15, -0.1) is 0 Å². The molecule has 0 aromatic heterocycles. The Hall–Kier alpha value is -1.75. The van der Waals surface area contributed by atoms with E-state index in [9.17, 15) is 4.79 Å². The third-order valence-corrected chi connectivity index (χ3v) is 2.95. The van der Waals surface area contributed by atoms with Gasteiger partial charge in [-0.05, 0) is 31.0 Å². The van der Waals surface area contributed by atoms with Crippen LogP contribution in [0.1, 0.15) is 23.2 Å². The molecule has 5 heteroatoms. The van der Waals surface area contributed by atoms with Gasteiger partial charge in [0.2, 0.25) is 0 Å². The Kier molecular flexibility index (Phi) is 3.72. The van der Waals surface area contributed by atoms with E-state index in [-0.39, 0.29) is 5.91 Å². The maximum atomic E-state index is 11.8. The minimum Gasteiger partial charge on any atom is -0.397 e. The summed E-state index contributed by atoms with van der Waals surface area (Å²) in [6.07, 6.45) is 2.17. The number of nitrogens with zero attached hydrogens (tertiary/aromatic N) is 2. The molecule has 1 aromatic rings. The number of amides is 1. The number of nitrogens with two attached hydrogens (primary N) is 1. The molecular weight excluding hydrogens is 230 g/mol. The predicted molar refractivity (Wildman–Crippen MR) is 71.4 cm³/mol. The topological polar surface area (TPSA) is 58.8 Å². The van der Waals surface area contributed by atoms with Crippen molar-refractivity contribution < 1.29 is 9.63 Å². The van der Waals surface area contributed by atoms with Crippen molar-refractivity contribution in [2.24, 2.45) is 0 Å². The summed E-state index contributed by atoms with van der Waals surface area (Å²) in [6, 6.07) is 5.33. The van der Waals surface area contributed by atoms with Crippen LogP contribution < -0.4 is 10.8 Å². The van der Waals surface area contributed by atoms with E-state index in [1.165, 1.54) is 4.90 Å². The van der Waals surface area contributed by atoms with Crippen molar-refractivity contribution in [2.75, 3.05) is 38.0 Å². The van der Waals surface area contributed by atoms with E-state index in [4.69, 9.17) is 10.6 Å². The molecule has 0 spiro atoms. The van der Waals surface area contributed by atoms with Crippen LogP contribution in [0.3, 0.4) is 0 Å². The fraction of sp³-hybridized carbons (Fsp3) is 0.462. The summed E-state index contributed by atoms with van der Waals surface area (Å²) in [5.74, 6) is -0.0483. The molecule has 1 aliphatic heterocycles. The first kappa shape index (κ1) is 12.7. The Morgan fingerprint density at radius 3 is 2.72 bits per heavy atom. The minimum absolute atomic E-state index is 0.0483. The van der Waals surface area contributed by atoms with Gasteiger partial charge in [0.05, 0.1) is 18.0 Å². The van der Waals surface area contributed by atoms with Crippen molar-refractivity contribution in [3.05, 3.63) is 23.8 Å². The van der Waals surface area contributed by atoms with Gasteiger partial charge in [-0.25, -0.2) is 0 Å².